The molecule has 0 aliphatic carbocycles. The summed E-state index contributed by atoms with van der Waals surface area (Å²) in [6.45, 7) is 0. The number of hydrogen-bond acceptors (Lipinski definition) is 2. The number of benzene rings is 1. The zero-order valence-electron chi connectivity index (χ0n) is 7.56. The standard InChI is InChI=1S/C9H6F4OS/c1-15-8(14)6-3-2-5(10)4-7(6)9(11,12)13/h2-4H,1H3. The highest BCUT2D eigenvalue weighted by Gasteiger charge is 2.35. The first-order valence-corrected chi connectivity index (χ1v) is 5.04. The van der Waals surface area contributed by atoms with Crippen molar-refractivity contribution in [2.75, 3.05) is 6.26 Å². The maximum absolute atomic E-state index is 12.6. The molecule has 15 heavy (non-hydrogen) atoms. The van der Waals surface area contributed by atoms with Gasteiger partial charge < -0.3 is 0 Å². The molecule has 0 N–H and O–H groups in total. The highest BCUT2D eigenvalue weighted by Crippen LogP contribution is 2.33. The molecule has 0 radical (unpaired) electrons. The molecule has 1 aromatic rings. The van der Waals surface area contributed by atoms with Crippen molar-refractivity contribution in [3.63, 3.8) is 0 Å². The minimum absolute atomic E-state index is 0.323. The molecule has 0 bridgehead atoms. The first-order valence-electron chi connectivity index (χ1n) is 3.81. The molecule has 1 rings (SSSR count). The van der Waals surface area contributed by atoms with Crippen LogP contribution in [-0.4, -0.2) is 11.4 Å². The van der Waals surface area contributed by atoms with Crippen molar-refractivity contribution in [2.45, 2.75) is 6.18 Å². The van der Waals surface area contributed by atoms with Gasteiger partial charge in [-0.15, -0.1) is 0 Å². The second-order valence-corrected chi connectivity index (χ2v) is 3.46. The minimum atomic E-state index is -4.72. The second-order valence-electron chi connectivity index (χ2n) is 2.68. The maximum Gasteiger partial charge on any atom is 0.417 e. The lowest BCUT2D eigenvalue weighted by molar-refractivity contribution is -0.138. The predicted molar refractivity (Wildman–Crippen MR) is 49.2 cm³/mol. The van der Waals surface area contributed by atoms with Gasteiger partial charge in [-0.3, -0.25) is 4.79 Å². The average Bonchev–Trinajstić information content (AvgIpc) is 2.15. The number of thioether (sulfide) groups is 1. The molecule has 0 saturated heterocycles. The Bertz CT molecular complexity index is 386. The van der Waals surface area contributed by atoms with Crippen molar-refractivity contribution in [3.8, 4) is 0 Å². The van der Waals surface area contributed by atoms with Gasteiger partial charge in [-0.2, -0.15) is 13.2 Å². The number of carbonyl (C=O) groups excluding carboxylic acids is 1. The van der Waals surface area contributed by atoms with Gasteiger partial charge in [0.15, 0.2) is 0 Å². The molecule has 0 amide bonds. The van der Waals surface area contributed by atoms with Gasteiger partial charge in [0, 0.05) is 5.56 Å². The maximum atomic E-state index is 12.6. The molecule has 0 aliphatic heterocycles. The average molecular weight is 238 g/mol. The van der Waals surface area contributed by atoms with Crippen LogP contribution < -0.4 is 0 Å². The van der Waals surface area contributed by atoms with Crippen LogP contribution in [0.15, 0.2) is 18.2 Å². The fourth-order valence-electron chi connectivity index (χ4n) is 1.04. The van der Waals surface area contributed by atoms with Gasteiger partial charge in [0.2, 0.25) is 5.12 Å². The smallest absolute Gasteiger partial charge is 0.282 e. The lowest BCUT2D eigenvalue weighted by Gasteiger charge is -2.10. The molecule has 0 spiro atoms. The van der Waals surface area contributed by atoms with Crippen LogP contribution in [0, 0.1) is 5.82 Å². The summed E-state index contributed by atoms with van der Waals surface area (Å²) in [5.41, 5.74) is -1.75. The van der Waals surface area contributed by atoms with E-state index in [0.29, 0.717) is 17.8 Å². The molecular weight excluding hydrogens is 232 g/mol. The molecule has 0 fully saturated rings. The number of alkyl halides is 3. The van der Waals surface area contributed by atoms with E-state index in [1.165, 1.54) is 6.26 Å². The van der Waals surface area contributed by atoms with Crippen LogP contribution in [0.25, 0.3) is 0 Å². The monoisotopic (exact) mass is 238 g/mol. The van der Waals surface area contributed by atoms with Crippen LogP contribution in [0.4, 0.5) is 17.6 Å². The molecule has 82 valence electrons. The van der Waals surface area contributed by atoms with Gasteiger partial charge >= 0.3 is 6.18 Å². The van der Waals surface area contributed by atoms with Gasteiger partial charge in [0.05, 0.1) is 5.56 Å². The number of carbonyl (C=O) groups is 1. The third-order valence-electron chi connectivity index (χ3n) is 1.69. The topological polar surface area (TPSA) is 17.1 Å². The summed E-state index contributed by atoms with van der Waals surface area (Å²) in [5.74, 6) is -1.01. The van der Waals surface area contributed by atoms with Crippen LogP contribution in [0.5, 0.6) is 0 Å². The Hall–Kier alpha value is -1.04. The van der Waals surface area contributed by atoms with Gasteiger partial charge in [0.1, 0.15) is 5.82 Å². The molecule has 0 aromatic heterocycles. The van der Waals surface area contributed by atoms with Crippen molar-refractivity contribution in [1.29, 1.82) is 0 Å². The Balaban J connectivity index is 3.33. The third-order valence-corrected chi connectivity index (χ3v) is 2.28. The predicted octanol–water partition coefficient (Wildman–Crippen LogP) is 3.35. The van der Waals surface area contributed by atoms with E-state index in [4.69, 9.17) is 0 Å². The van der Waals surface area contributed by atoms with Gasteiger partial charge in [-0.25, -0.2) is 4.39 Å². The van der Waals surface area contributed by atoms with Crippen molar-refractivity contribution in [1.82, 2.24) is 0 Å². The zero-order valence-corrected chi connectivity index (χ0v) is 8.38. The highest BCUT2D eigenvalue weighted by molar-refractivity contribution is 8.13. The van der Waals surface area contributed by atoms with E-state index in [9.17, 15) is 22.4 Å². The third kappa shape index (κ3) is 2.71. The first kappa shape index (κ1) is 12.0. The Labute approximate surface area is 87.5 Å². The molecule has 6 heteroatoms. The van der Waals surface area contributed by atoms with E-state index in [0.717, 1.165) is 12.1 Å². The SMILES string of the molecule is CSC(=O)c1ccc(F)cc1C(F)(F)F. The number of rotatable bonds is 1. The summed E-state index contributed by atoms with van der Waals surface area (Å²) in [5, 5.41) is -0.734. The minimum Gasteiger partial charge on any atom is -0.282 e. The molecular formula is C9H6F4OS. The van der Waals surface area contributed by atoms with Crippen molar-refractivity contribution < 1.29 is 22.4 Å². The fourth-order valence-corrected chi connectivity index (χ4v) is 1.44. The summed E-state index contributed by atoms with van der Waals surface area (Å²) in [6.07, 6.45) is -3.35. The van der Waals surface area contributed by atoms with E-state index in [-0.39, 0.29) is 0 Å². The lowest BCUT2D eigenvalue weighted by Crippen LogP contribution is -2.12. The summed E-state index contributed by atoms with van der Waals surface area (Å²) in [6, 6.07) is 2.00. The van der Waals surface area contributed by atoms with Gasteiger partial charge in [-0.05, 0) is 24.5 Å². The highest BCUT2D eigenvalue weighted by atomic mass is 32.2. The van der Waals surface area contributed by atoms with Crippen LogP contribution in [0.1, 0.15) is 15.9 Å². The first-order chi connectivity index (χ1) is 6.86. The van der Waals surface area contributed by atoms with E-state index in [1.807, 2.05) is 0 Å². The molecule has 1 nitrogen and oxygen atoms in total. The van der Waals surface area contributed by atoms with E-state index in [2.05, 4.69) is 0 Å². The lowest BCUT2D eigenvalue weighted by atomic mass is 10.1. The summed E-state index contributed by atoms with van der Waals surface area (Å²) in [4.78, 5) is 11.1. The summed E-state index contributed by atoms with van der Waals surface area (Å²) < 4.78 is 49.8. The molecule has 0 heterocycles. The Morgan fingerprint density at radius 3 is 2.40 bits per heavy atom. The fraction of sp³-hybridized carbons (Fsp3) is 0.222. The summed E-state index contributed by atoms with van der Waals surface area (Å²) in [7, 11) is 0. The van der Waals surface area contributed by atoms with Crippen molar-refractivity contribution in [3.05, 3.63) is 35.1 Å². The van der Waals surface area contributed by atoms with Gasteiger partial charge in [-0.1, -0.05) is 11.8 Å². The molecule has 0 saturated carbocycles. The van der Waals surface area contributed by atoms with E-state index < -0.39 is 28.2 Å². The molecule has 0 unspecified atom stereocenters. The largest absolute Gasteiger partial charge is 0.417 e. The van der Waals surface area contributed by atoms with Crippen molar-refractivity contribution in [2.24, 2.45) is 0 Å². The molecule has 0 atom stereocenters. The summed E-state index contributed by atoms with van der Waals surface area (Å²) >= 11 is 0.653. The van der Waals surface area contributed by atoms with Crippen LogP contribution in [-0.2, 0) is 6.18 Å². The zero-order chi connectivity index (χ0) is 11.6. The van der Waals surface area contributed by atoms with Crippen LogP contribution in [0.2, 0.25) is 0 Å². The number of halogens is 4. The Morgan fingerprint density at radius 2 is 1.93 bits per heavy atom. The second kappa shape index (κ2) is 4.22. The van der Waals surface area contributed by atoms with E-state index in [1.54, 1.807) is 0 Å². The molecule has 0 aliphatic rings. The van der Waals surface area contributed by atoms with Crippen LogP contribution in [0.3, 0.4) is 0 Å². The number of hydrogen-bond donors (Lipinski definition) is 0. The van der Waals surface area contributed by atoms with Crippen molar-refractivity contribution >= 4 is 16.9 Å². The quantitative estimate of drug-likeness (QED) is 0.698. The Kier molecular flexibility index (Phi) is 3.38. The van der Waals surface area contributed by atoms with E-state index >= 15 is 0 Å². The Morgan fingerprint density at radius 1 is 1.33 bits per heavy atom. The normalized spacial score (nSPS) is 11.5. The van der Waals surface area contributed by atoms with Gasteiger partial charge in [0.25, 0.3) is 0 Å². The van der Waals surface area contributed by atoms with Crippen LogP contribution >= 0.6 is 11.8 Å². The molecule has 1 aromatic carbocycles.